The Hall–Kier alpha value is -3.00. The number of hydrogen-bond acceptors (Lipinski definition) is 7. The Bertz CT molecular complexity index is 958. The number of likely N-dealkylation sites (tertiary alicyclic amines) is 1. The van der Waals surface area contributed by atoms with E-state index in [1.807, 2.05) is 43.3 Å². The van der Waals surface area contributed by atoms with Crippen molar-refractivity contribution in [3.05, 3.63) is 48.0 Å². The Morgan fingerprint density at radius 3 is 2.93 bits per heavy atom. The van der Waals surface area contributed by atoms with Crippen LogP contribution in [0, 0.1) is 0 Å². The highest BCUT2D eigenvalue weighted by molar-refractivity contribution is 5.91. The summed E-state index contributed by atoms with van der Waals surface area (Å²) in [5.74, 6) is 1.36. The van der Waals surface area contributed by atoms with Gasteiger partial charge < -0.3 is 18.6 Å². The van der Waals surface area contributed by atoms with Gasteiger partial charge in [0.2, 0.25) is 23.6 Å². The first kappa shape index (κ1) is 18.4. The highest BCUT2D eigenvalue weighted by Gasteiger charge is 2.31. The number of aromatic nitrogens is 3. The molecule has 146 valence electrons. The van der Waals surface area contributed by atoms with Gasteiger partial charge in [0, 0.05) is 18.7 Å². The SMILES string of the molecule is CN(C)Cc1nnc(C2CCCCN2C(=O)/C=C/c2nc3ccccc3o2)o1. The van der Waals surface area contributed by atoms with Gasteiger partial charge in [-0.15, -0.1) is 10.2 Å². The fourth-order valence-electron chi connectivity index (χ4n) is 3.39. The molecule has 1 saturated heterocycles. The van der Waals surface area contributed by atoms with Crippen molar-refractivity contribution in [2.45, 2.75) is 31.8 Å². The first-order valence-corrected chi connectivity index (χ1v) is 9.41. The molecule has 0 N–H and O–H groups in total. The van der Waals surface area contributed by atoms with Crippen LogP contribution in [-0.4, -0.2) is 51.5 Å². The molecule has 28 heavy (non-hydrogen) atoms. The Balaban J connectivity index is 1.50. The minimum absolute atomic E-state index is 0.112. The van der Waals surface area contributed by atoms with Gasteiger partial charge in [-0.05, 0) is 45.5 Å². The molecule has 1 amide bonds. The number of rotatable bonds is 5. The van der Waals surface area contributed by atoms with Crippen LogP contribution in [0.25, 0.3) is 17.2 Å². The number of amides is 1. The van der Waals surface area contributed by atoms with Gasteiger partial charge in [-0.3, -0.25) is 4.79 Å². The maximum atomic E-state index is 12.8. The summed E-state index contributed by atoms with van der Waals surface area (Å²) < 4.78 is 11.4. The molecule has 8 heteroatoms. The Morgan fingerprint density at radius 2 is 2.11 bits per heavy atom. The predicted octanol–water partition coefficient (Wildman–Crippen LogP) is 3.04. The highest BCUT2D eigenvalue weighted by atomic mass is 16.4. The average Bonchev–Trinajstić information content (AvgIpc) is 3.32. The van der Waals surface area contributed by atoms with E-state index >= 15 is 0 Å². The number of oxazole rings is 1. The van der Waals surface area contributed by atoms with Crippen molar-refractivity contribution in [1.29, 1.82) is 0 Å². The minimum atomic E-state index is -0.196. The number of para-hydroxylation sites is 2. The van der Waals surface area contributed by atoms with Crippen LogP contribution in [0.2, 0.25) is 0 Å². The van der Waals surface area contributed by atoms with Gasteiger partial charge in [0.25, 0.3) is 0 Å². The quantitative estimate of drug-likeness (QED) is 0.628. The van der Waals surface area contributed by atoms with Crippen molar-refractivity contribution in [3.63, 3.8) is 0 Å². The number of piperidine rings is 1. The van der Waals surface area contributed by atoms with Crippen LogP contribution in [-0.2, 0) is 11.3 Å². The van der Waals surface area contributed by atoms with E-state index in [-0.39, 0.29) is 11.9 Å². The molecule has 1 aliphatic heterocycles. The number of carbonyl (C=O) groups excluding carboxylic acids is 1. The fourth-order valence-corrected chi connectivity index (χ4v) is 3.39. The Labute approximate surface area is 162 Å². The molecule has 1 aliphatic rings. The molecule has 1 aromatic carbocycles. The maximum Gasteiger partial charge on any atom is 0.247 e. The molecule has 0 spiro atoms. The molecule has 0 radical (unpaired) electrons. The molecular weight excluding hydrogens is 358 g/mol. The van der Waals surface area contributed by atoms with Gasteiger partial charge in [0.05, 0.1) is 6.54 Å². The van der Waals surface area contributed by atoms with E-state index in [4.69, 9.17) is 8.83 Å². The summed E-state index contributed by atoms with van der Waals surface area (Å²) in [4.78, 5) is 20.9. The molecule has 8 nitrogen and oxygen atoms in total. The van der Waals surface area contributed by atoms with Crippen molar-refractivity contribution >= 4 is 23.1 Å². The summed E-state index contributed by atoms with van der Waals surface area (Å²) in [5.41, 5.74) is 1.47. The maximum absolute atomic E-state index is 12.8. The van der Waals surface area contributed by atoms with Crippen molar-refractivity contribution in [3.8, 4) is 0 Å². The van der Waals surface area contributed by atoms with Crippen molar-refractivity contribution in [2.24, 2.45) is 0 Å². The van der Waals surface area contributed by atoms with Gasteiger partial charge in [-0.1, -0.05) is 12.1 Å². The van der Waals surface area contributed by atoms with Crippen LogP contribution in [0.3, 0.4) is 0 Å². The molecule has 0 bridgehead atoms. The monoisotopic (exact) mass is 381 g/mol. The summed E-state index contributed by atoms with van der Waals surface area (Å²) in [6.45, 7) is 1.23. The number of hydrogen-bond donors (Lipinski definition) is 0. The van der Waals surface area contributed by atoms with Gasteiger partial charge in [-0.2, -0.15) is 0 Å². The third-order valence-corrected chi connectivity index (χ3v) is 4.68. The zero-order chi connectivity index (χ0) is 19.5. The van der Waals surface area contributed by atoms with E-state index in [2.05, 4.69) is 15.2 Å². The van der Waals surface area contributed by atoms with Gasteiger partial charge in [0.15, 0.2) is 5.58 Å². The normalized spacial score (nSPS) is 17.8. The first-order valence-electron chi connectivity index (χ1n) is 9.41. The van der Waals surface area contributed by atoms with Crippen LogP contribution >= 0.6 is 0 Å². The molecule has 0 aliphatic carbocycles. The van der Waals surface area contributed by atoms with Crippen LogP contribution < -0.4 is 0 Å². The minimum Gasteiger partial charge on any atom is -0.437 e. The van der Waals surface area contributed by atoms with Crippen LogP contribution in [0.1, 0.15) is 43.0 Å². The van der Waals surface area contributed by atoms with Crippen LogP contribution in [0.4, 0.5) is 0 Å². The summed E-state index contributed by atoms with van der Waals surface area (Å²) in [6, 6.07) is 7.32. The Kier molecular flexibility index (Phi) is 5.21. The zero-order valence-corrected chi connectivity index (χ0v) is 16.0. The molecule has 4 rings (SSSR count). The number of fused-ring (bicyclic) bond motifs is 1. The van der Waals surface area contributed by atoms with Crippen molar-refractivity contribution < 1.29 is 13.6 Å². The number of carbonyl (C=O) groups is 1. The van der Waals surface area contributed by atoms with Crippen LogP contribution in [0.5, 0.6) is 0 Å². The highest BCUT2D eigenvalue weighted by Crippen LogP contribution is 2.30. The standard InChI is InChI=1S/C20H23N5O3/c1-24(2)13-18-22-23-20(28-18)15-8-5-6-12-25(15)19(26)11-10-17-21-14-7-3-4-9-16(14)27-17/h3-4,7,9-11,15H,5-6,8,12-13H2,1-2H3/b11-10+. The van der Waals surface area contributed by atoms with E-state index in [9.17, 15) is 4.79 Å². The third kappa shape index (κ3) is 3.96. The van der Waals surface area contributed by atoms with Gasteiger partial charge >= 0.3 is 0 Å². The van der Waals surface area contributed by atoms with Crippen molar-refractivity contribution in [1.82, 2.24) is 25.0 Å². The topological polar surface area (TPSA) is 88.5 Å². The molecule has 3 heterocycles. The predicted molar refractivity (Wildman–Crippen MR) is 103 cm³/mol. The van der Waals surface area contributed by atoms with E-state index in [0.29, 0.717) is 36.3 Å². The summed E-state index contributed by atoms with van der Waals surface area (Å²) in [6.07, 6.45) is 5.90. The molecule has 2 aromatic heterocycles. The second-order valence-electron chi connectivity index (χ2n) is 7.17. The summed E-state index contributed by atoms with van der Waals surface area (Å²) >= 11 is 0. The first-order chi connectivity index (χ1) is 13.6. The molecule has 3 aromatic rings. The van der Waals surface area contributed by atoms with E-state index in [1.54, 1.807) is 11.0 Å². The lowest BCUT2D eigenvalue weighted by Gasteiger charge is -2.32. The zero-order valence-electron chi connectivity index (χ0n) is 16.0. The molecule has 0 saturated carbocycles. The third-order valence-electron chi connectivity index (χ3n) is 4.68. The lowest BCUT2D eigenvalue weighted by molar-refractivity contribution is -0.130. The van der Waals surface area contributed by atoms with Gasteiger partial charge in [0.1, 0.15) is 11.6 Å². The van der Waals surface area contributed by atoms with E-state index < -0.39 is 0 Å². The molecule has 1 unspecified atom stereocenters. The van der Waals surface area contributed by atoms with Crippen molar-refractivity contribution in [2.75, 3.05) is 20.6 Å². The smallest absolute Gasteiger partial charge is 0.247 e. The second kappa shape index (κ2) is 7.93. The lowest BCUT2D eigenvalue weighted by atomic mass is 10.0. The van der Waals surface area contributed by atoms with E-state index in [0.717, 1.165) is 24.8 Å². The second-order valence-corrected chi connectivity index (χ2v) is 7.17. The number of nitrogens with zero attached hydrogens (tertiary/aromatic N) is 5. The van der Waals surface area contributed by atoms with Gasteiger partial charge in [-0.25, -0.2) is 4.98 Å². The largest absolute Gasteiger partial charge is 0.437 e. The molecular formula is C20H23N5O3. The fraction of sp³-hybridized carbons (Fsp3) is 0.400. The molecule has 1 fully saturated rings. The molecule has 1 atom stereocenters. The number of benzene rings is 1. The van der Waals surface area contributed by atoms with Crippen LogP contribution in [0.15, 0.2) is 39.2 Å². The van der Waals surface area contributed by atoms with E-state index in [1.165, 1.54) is 6.08 Å². The summed E-state index contributed by atoms with van der Waals surface area (Å²) in [5, 5.41) is 8.28. The Morgan fingerprint density at radius 1 is 1.25 bits per heavy atom. The summed E-state index contributed by atoms with van der Waals surface area (Å²) in [7, 11) is 3.88. The average molecular weight is 381 g/mol. The lowest BCUT2D eigenvalue weighted by Crippen LogP contribution is -2.37.